The molecule has 0 saturated heterocycles. The molecular formula is C14H16N2OS. The summed E-state index contributed by atoms with van der Waals surface area (Å²) >= 11 is 1.49. The highest BCUT2D eigenvalue weighted by molar-refractivity contribution is 7.09. The fourth-order valence-corrected chi connectivity index (χ4v) is 2.49. The average Bonchev–Trinajstić information content (AvgIpc) is 2.87. The van der Waals surface area contributed by atoms with Gasteiger partial charge in [0.2, 0.25) is 5.78 Å². The maximum absolute atomic E-state index is 12.2. The molecule has 0 atom stereocenters. The summed E-state index contributed by atoms with van der Waals surface area (Å²) in [4.78, 5) is 16.5. The molecule has 0 spiro atoms. The van der Waals surface area contributed by atoms with Crippen molar-refractivity contribution in [3.05, 3.63) is 51.5 Å². The molecule has 0 unspecified atom stereocenters. The van der Waals surface area contributed by atoms with Crippen molar-refractivity contribution in [2.75, 3.05) is 6.54 Å². The van der Waals surface area contributed by atoms with Gasteiger partial charge in [0.25, 0.3) is 0 Å². The summed E-state index contributed by atoms with van der Waals surface area (Å²) in [6.07, 6.45) is 1.71. The van der Waals surface area contributed by atoms with E-state index in [2.05, 4.69) is 11.9 Å². The highest BCUT2D eigenvalue weighted by Crippen LogP contribution is 2.15. The quantitative estimate of drug-likeness (QED) is 0.840. The zero-order valence-corrected chi connectivity index (χ0v) is 11.2. The maximum Gasteiger partial charge on any atom is 0.212 e. The Kier molecular flexibility index (Phi) is 4.23. The molecule has 2 rings (SSSR count). The Bertz CT molecular complexity index is 531. The van der Waals surface area contributed by atoms with Gasteiger partial charge in [0.15, 0.2) is 0 Å². The standard InChI is InChI=1S/C14H16N2OS/c1-2-10-3-5-11(6-4-10)14(17)12-9-18-13(16-12)7-8-15/h3-6,9H,2,7-8,15H2,1H3. The Morgan fingerprint density at radius 3 is 2.67 bits per heavy atom. The summed E-state index contributed by atoms with van der Waals surface area (Å²) in [5, 5.41) is 2.73. The molecule has 0 saturated carbocycles. The molecule has 0 aliphatic carbocycles. The number of nitrogens with two attached hydrogens (primary N) is 1. The SMILES string of the molecule is CCc1ccc(C(=O)c2csc(CCN)n2)cc1. The molecule has 1 aromatic heterocycles. The van der Waals surface area contributed by atoms with E-state index in [1.54, 1.807) is 5.38 Å². The van der Waals surface area contributed by atoms with Crippen molar-refractivity contribution in [3.8, 4) is 0 Å². The number of nitrogens with zero attached hydrogens (tertiary/aromatic N) is 1. The van der Waals surface area contributed by atoms with Crippen molar-refractivity contribution in [2.24, 2.45) is 5.73 Å². The molecule has 2 N–H and O–H groups in total. The average molecular weight is 260 g/mol. The van der Waals surface area contributed by atoms with Crippen LogP contribution in [0.2, 0.25) is 0 Å². The molecule has 0 bridgehead atoms. The second kappa shape index (κ2) is 5.89. The van der Waals surface area contributed by atoms with Crippen molar-refractivity contribution in [1.29, 1.82) is 0 Å². The third kappa shape index (κ3) is 2.83. The van der Waals surface area contributed by atoms with Crippen molar-refractivity contribution < 1.29 is 4.79 Å². The van der Waals surface area contributed by atoms with Crippen LogP contribution in [0.3, 0.4) is 0 Å². The summed E-state index contributed by atoms with van der Waals surface area (Å²) < 4.78 is 0. The van der Waals surface area contributed by atoms with Gasteiger partial charge in [-0.25, -0.2) is 4.98 Å². The van der Waals surface area contributed by atoms with Gasteiger partial charge in [-0.1, -0.05) is 31.2 Å². The summed E-state index contributed by atoms with van der Waals surface area (Å²) in [6, 6.07) is 7.70. The smallest absolute Gasteiger partial charge is 0.212 e. The number of hydrogen-bond donors (Lipinski definition) is 1. The van der Waals surface area contributed by atoms with Gasteiger partial charge in [-0.05, 0) is 18.5 Å². The Morgan fingerprint density at radius 1 is 1.33 bits per heavy atom. The lowest BCUT2D eigenvalue weighted by atomic mass is 10.1. The Labute approximate surface area is 111 Å². The fourth-order valence-electron chi connectivity index (χ4n) is 1.69. The van der Waals surface area contributed by atoms with E-state index in [4.69, 9.17) is 5.73 Å². The summed E-state index contributed by atoms with van der Waals surface area (Å²) in [5.41, 5.74) is 7.91. The first-order valence-corrected chi connectivity index (χ1v) is 6.90. The molecule has 94 valence electrons. The molecule has 2 aromatic rings. The normalized spacial score (nSPS) is 10.6. The van der Waals surface area contributed by atoms with Crippen LogP contribution in [-0.4, -0.2) is 17.3 Å². The minimum atomic E-state index is -0.0165. The second-order valence-corrected chi connectivity index (χ2v) is 4.99. The molecule has 0 radical (unpaired) electrons. The zero-order valence-electron chi connectivity index (χ0n) is 10.3. The van der Waals surface area contributed by atoms with E-state index in [0.29, 0.717) is 17.8 Å². The molecule has 4 heteroatoms. The summed E-state index contributed by atoms with van der Waals surface area (Å²) in [6.45, 7) is 2.66. The van der Waals surface area contributed by atoms with Gasteiger partial charge in [0.1, 0.15) is 5.69 Å². The number of carbonyl (C=O) groups is 1. The molecule has 0 aliphatic heterocycles. The Morgan fingerprint density at radius 2 is 2.06 bits per heavy atom. The van der Waals surface area contributed by atoms with Crippen LogP contribution in [0.4, 0.5) is 0 Å². The van der Waals surface area contributed by atoms with E-state index < -0.39 is 0 Å². The molecule has 1 aromatic carbocycles. The van der Waals surface area contributed by atoms with Gasteiger partial charge in [-0.15, -0.1) is 11.3 Å². The van der Waals surface area contributed by atoms with Gasteiger partial charge < -0.3 is 5.73 Å². The van der Waals surface area contributed by atoms with Crippen molar-refractivity contribution in [3.63, 3.8) is 0 Å². The predicted molar refractivity (Wildman–Crippen MR) is 74.1 cm³/mol. The van der Waals surface area contributed by atoms with Crippen LogP contribution < -0.4 is 5.73 Å². The number of benzene rings is 1. The summed E-state index contributed by atoms with van der Waals surface area (Å²) in [5.74, 6) is -0.0165. The topological polar surface area (TPSA) is 56.0 Å². The van der Waals surface area contributed by atoms with Crippen molar-refractivity contribution in [1.82, 2.24) is 4.98 Å². The molecule has 1 heterocycles. The number of ketones is 1. The Hall–Kier alpha value is -1.52. The molecule has 0 aliphatic rings. The largest absolute Gasteiger partial charge is 0.330 e. The molecular weight excluding hydrogens is 244 g/mol. The number of thiazole rings is 1. The minimum Gasteiger partial charge on any atom is -0.330 e. The van der Waals surface area contributed by atoms with Crippen molar-refractivity contribution in [2.45, 2.75) is 19.8 Å². The monoisotopic (exact) mass is 260 g/mol. The lowest BCUT2D eigenvalue weighted by molar-refractivity contribution is 0.103. The lowest BCUT2D eigenvalue weighted by Gasteiger charge is -1.99. The lowest BCUT2D eigenvalue weighted by Crippen LogP contribution is -2.05. The molecule has 0 fully saturated rings. The van der Waals surface area contributed by atoms with Gasteiger partial charge in [0, 0.05) is 17.4 Å². The Balaban J connectivity index is 2.18. The number of hydrogen-bond acceptors (Lipinski definition) is 4. The van der Waals surface area contributed by atoms with E-state index in [1.165, 1.54) is 16.9 Å². The molecule has 3 nitrogen and oxygen atoms in total. The second-order valence-electron chi connectivity index (χ2n) is 4.04. The van der Waals surface area contributed by atoms with Crippen LogP contribution >= 0.6 is 11.3 Å². The van der Waals surface area contributed by atoms with Gasteiger partial charge in [-0.2, -0.15) is 0 Å². The van der Waals surface area contributed by atoms with Gasteiger partial charge in [0.05, 0.1) is 5.01 Å². The first kappa shape index (κ1) is 12.9. The van der Waals surface area contributed by atoms with Crippen LogP contribution in [0.25, 0.3) is 0 Å². The number of aryl methyl sites for hydroxylation is 1. The van der Waals surface area contributed by atoms with E-state index in [0.717, 1.165) is 17.8 Å². The van der Waals surface area contributed by atoms with E-state index in [1.807, 2.05) is 24.3 Å². The van der Waals surface area contributed by atoms with Gasteiger partial charge in [-0.3, -0.25) is 4.79 Å². The number of carbonyl (C=O) groups excluding carboxylic acids is 1. The van der Waals surface area contributed by atoms with Crippen molar-refractivity contribution >= 4 is 17.1 Å². The maximum atomic E-state index is 12.2. The first-order chi connectivity index (χ1) is 8.74. The van der Waals surface area contributed by atoms with Crippen LogP contribution in [-0.2, 0) is 12.8 Å². The van der Waals surface area contributed by atoms with E-state index in [-0.39, 0.29) is 5.78 Å². The zero-order chi connectivity index (χ0) is 13.0. The number of aromatic nitrogens is 1. The molecule has 18 heavy (non-hydrogen) atoms. The highest BCUT2D eigenvalue weighted by Gasteiger charge is 2.12. The predicted octanol–water partition coefficient (Wildman–Crippen LogP) is 2.44. The van der Waals surface area contributed by atoms with Crippen LogP contribution in [0.1, 0.15) is 33.5 Å². The highest BCUT2D eigenvalue weighted by atomic mass is 32.1. The first-order valence-electron chi connectivity index (χ1n) is 6.02. The van der Waals surface area contributed by atoms with E-state index in [9.17, 15) is 4.79 Å². The molecule has 0 amide bonds. The van der Waals surface area contributed by atoms with Gasteiger partial charge >= 0.3 is 0 Å². The third-order valence-corrected chi connectivity index (χ3v) is 3.68. The number of rotatable bonds is 5. The van der Waals surface area contributed by atoms with E-state index >= 15 is 0 Å². The third-order valence-electron chi connectivity index (χ3n) is 2.77. The minimum absolute atomic E-state index is 0.0165. The van der Waals surface area contributed by atoms with Crippen LogP contribution in [0.15, 0.2) is 29.6 Å². The summed E-state index contributed by atoms with van der Waals surface area (Å²) in [7, 11) is 0. The fraction of sp³-hybridized carbons (Fsp3) is 0.286. The van der Waals surface area contributed by atoms with Crippen LogP contribution in [0, 0.1) is 0 Å². The van der Waals surface area contributed by atoms with Crippen LogP contribution in [0.5, 0.6) is 0 Å².